The van der Waals surface area contributed by atoms with Gasteiger partial charge in [0.2, 0.25) is 10.0 Å². The lowest BCUT2D eigenvalue weighted by Crippen LogP contribution is -2.40. The molecule has 3 rings (SSSR count). The molecule has 10 heteroatoms. The summed E-state index contributed by atoms with van der Waals surface area (Å²) in [6.07, 6.45) is 1.42. The predicted octanol–water partition coefficient (Wildman–Crippen LogP) is 0.836. The first-order chi connectivity index (χ1) is 12.1. The van der Waals surface area contributed by atoms with E-state index in [2.05, 4.69) is 20.5 Å². The van der Waals surface area contributed by atoms with Crippen LogP contribution in [0.4, 0.5) is 5.69 Å². The minimum Gasteiger partial charge on any atom is -0.492 e. The topological polar surface area (TPSA) is 109 Å². The quantitative estimate of drug-likeness (QED) is 0.746. The summed E-state index contributed by atoms with van der Waals surface area (Å²) in [6, 6.07) is 4.82. The second-order valence-electron chi connectivity index (χ2n) is 5.39. The number of hydrogen-bond acceptors (Lipinski definition) is 7. The minimum atomic E-state index is -3.57. The lowest BCUT2D eigenvalue weighted by molar-refractivity contribution is 0.0730. The average Bonchev–Trinajstić information content (AvgIpc) is 3.15. The molecule has 0 amide bonds. The molecule has 0 saturated carbocycles. The second kappa shape index (κ2) is 7.81. The standard InChI is InChI=1S/C15H21N5O4S/c1-2-24-14-4-3-12(25(21,22)20-5-7-23-8-6-20)9-13(14)16-10-15-17-11-18-19-15/h3-4,9,11,16H,2,5-8,10H2,1H3,(H,17,18,19). The van der Waals surface area contributed by atoms with Crippen LogP contribution >= 0.6 is 0 Å². The smallest absolute Gasteiger partial charge is 0.243 e. The molecule has 1 fully saturated rings. The van der Waals surface area contributed by atoms with Gasteiger partial charge >= 0.3 is 0 Å². The number of ether oxygens (including phenoxy) is 2. The van der Waals surface area contributed by atoms with Crippen LogP contribution < -0.4 is 10.1 Å². The lowest BCUT2D eigenvalue weighted by Gasteiger charge is -2.26. The molecule has 1 saturated heterocycles. The van der Waals surface area contributed by atoms with Crippen LogP contribution in [0, 0.1) is 0 Å². The van der Waals surface area contributed by atoms with E-state index in [4.69, 9.17) is 9.47 Å². The molecule has 25 heavy (non-hydrogen) atoms. The van der Waals surface area contributed by atoms with E-state index in [1.807, 2.05) is 6.92 Å². The van der Waals surface area contributed by atoms with Gasteiger partial charge in [0.15, 0.2) is 0 Å². The number of aromatic amines is 1. The molecule has 2 aromatic rings. The van der Waals surface area contributed by atoms with Crippen molar-refractivity contribution < 1.29 is 17.9 Å². The van der Waals surface area contributed by atoms with Crippen molar-refractivity contribution in [2.75, 3.05) is 38.2 Å². The number of nitrogens with one attached hydrogen (secondary N) is 2. The summed E-state index contributed by atoms with van der Waals surface area (Å²) in [5, 5.41) is 9.69. The highest BCUT2D eigenvalue weighted by Gasteiger charge is 2.27. The zero-order chi connectivity index (χ0) is 17.7. The number of hydrogen-bond donors (Lipinski definition) is 2. The van der Waals surface area contributed by atoms with E-state index in [9.17, 15) is 8.42 Å². The van der Waals surface area contributed by atoms with E-state index in [0.717, 1.165) is 0 Å². The molecular weight excluding hydrogens is 346 g/mol. The summed E-state index contributed by atoms with van der Waals surface area (Å²) in [7, 11) is -3.57. The maximum Gasteiger partial charge on any atom is 0.243 e. The zero-order valence-corrected chi connectivity index (χ0v) is 14.8. The van der Waals surface area contributed by atoms with Gasteiger partial charge in [-0.05, 0) is 25.1 Å². The Kier molecular flexibility index (Phi) is 5.51. The molecule has 1 aromatic carbocycles. The summed E-state index contributed by atoms with van der Waals surface area (Å²) in [5.74, 6) is 1.23. The predicted molar refractivity (Wildman–Crippen MR) is 90.9 cm³/mol. The fraction of sp³-hybridized carbons (Fsp3) is 0.467. The van der Waals surface area contributed by atoms with Crippen molar-refractivity contribution in [1.82, 2.24) is 19.5 Å². The summed E-state index contributed by atoms with van der Waals surface area (Å²) < 4.78 is 37.9. The van der Waals surface area contributed by atoms with Gasteiger partial charge in [0.25, 0.3) is 0 Å². The number of H-pyrrole nitrogens is 1. The molecule has 1 aliphatic heterocycles. The fourth-order valence-corrected chi connectivity index (χ4v) is 3.95. The molecule has 1 aliphatic rings. The third-order valence-corrected chi connectivity index (χ3v) is 5.66. The molecule has 0 aliphatic carbocycles. The van der Waals surface area contributed by atoms with Gasteiger partial charge in [0, 0.05) is 13.1 Å². The van der Waals surface area contributed by atoms with E-state index < -0.39 is 10.0 Å². The summed E-state index contributed by atoms with van der Waals surface area (Å²) >= 11 is 0. The van der Waals surface area contributed by atoms with Crippen LogP contribution in [0.15, 0.2) is 29.4 Å². The number of sulfonamides is 1. The number of nitrogens with zero attached hydrogens (tertiary/aromatic N) is 3. The Balaban J connectivity index is 1.85. The van der Waals surface area contributed by atoms with Crippen LogP contribution in [0.3, 0.4) is 0 Å². The van der Waals surface area contributed by atoms with Gasteiger partial charge < -0.3 is 14.8 Å². The highest BCUT2D eigenvalue weighted by Crippen LogP contribution is 2.29. The third kappa shape index (κ3) is 4.09. The van der Waals surface area contributed by atoms with Gasteiger partial charge in [0.1, 0.15) is 17.9 Å². The summed E-state index contributed by atoms with van der Waals surface area (Å²) in [4.78, 5) is 4.26. The second-order valence-corrected chi connectivity index (χ2v) is 7.33. The van der Waals surface area contributed by atoms with E-state index >= 15 is 0 Å². The van der Waals surface area contributed by atoms with E-state index in [0.29, 0.717) is 56.7 Å². The zero-order valence-electron chi connectivity index (χ0n) is 13.9. The molecule has 0 spiro atoms. The molecule has 1 aromatic heterocycles. The number of anilines is 1. The van der Waals surface area contributed by atoms with Gasteiger partial charge in [-0.25, -0.2) is 13.4 Å². The van der Waals surface area contributed by atoms with Gasteiger partial charge in [-0.1, -0.05) is 0 Å². The molecule has 0 atom stereocenters. The number of morpholine rings is 1. The highest BCUT2D eigenvalue weighted by atomic mass is 32.2. The van der Waals surface area contributed by atoms with Crippen molar-refractivity contribution in [3.63, 3.8) is 0 Å². The monoisotopic (exact) mass is 367 g/mol. The SMILES string of the molecule is CCOc1ccc(S(=O)(=O)N2CCOCC2)cc1NCc1ncn[nH]1. The van der Waals surface area contributed by atoms with Gasteiger partial charge in [0.05, 0.1) is 36.9 Å². The van der Waals surface area contributed by atoms with Crippen molar-refractivity contribution in [1.29, 1.82) is 0 Å². The van der Waals surface area contributed by atoms with Crippen molar-refractivity contribution in [3.05, 3.63) is 30.4 Å². The largest absolute Gasteiger partial charge is 0.492 e. The minimum absolute atomic E-state index is 0.220. The van der Waals surface area contributed by atoms with Crippen LogP contribution in [0.2, 0.25) is 0 Å². The molecular formula is C15H21N5O4S. The lowest BCUT2D eigenvalue weighted by atomic mass is 10.3. The molecule has 136 valence electrons. The number of benzene rings is 1. The van der Waals surface area contributed by atoms with E-state index in [1.165, 1.54) is 10.6 Å². The number of rotatable bonds is 7. The van der Waals surface area contributed by atoms with E-state index in [1.54, 1.807) is 18.2 Å². The Labute approximate surface area is 146 Å². The molecule has 2 N–H and O–H groups in total. The van der Waals surface area contributed by atoms with Gasteiger partial charge in [-0.2, -0.15) is 9.40 Å². The molecule has 9 nitrogen and oxygen atoms in total. The first-order valence-corrected chi connectivity index (χ1v) is 9.48. The Bertz CT molecular complexity index is 788. The van der Waals surface area contributed by atoms with Gasteiger partial charge in [-0.15, -0.1) is 0 Å². The Hall–Kier alpha value is -2.17. The first kappa shape index (κ1) is 17.6. The van der Waals surface area contributed by atoms with Crippen LogP contribution in [-0.2, 0) is 21.3 Å². The first-order valence-electron chi connectivity index (χ1n) is 8.04. The third-order valence-electron chi connectivity index (χ3n) is 3.77. The maximum absolute atomic E-state index is 12.8. The molecule has 0 unspecified atom stereocenters. The van der Waals surface area contributed by atoms with Crippen LogP contribution in [0.25, 0.3) is 0 Å². The Morgan fingerprint density at radius 2 is 2.16 bits per heavy atom. The maximum atomic E-state index is 12.8. The Morgan fingerprint density at radius 1 is 1.36 bits per heavy atom. The van der Waals surface area contributed by atoms with Crippen LogP contribution in [0.5, 0.6) is 5.75 Å². The molecule has 0 radical (unpaired) electrons. The normalized spacial score (nSPS) is 15.9. The van der Waals surface area contributed by atoms with Crippen molar-refractivity contribution in [2.45, 2.75) is 18.4 Å². The van der Waals surface area contributed by atoms with Gasteiger partial charge in [-0.3, -0.25) is 5.10 Å². The molecule has 0 bridgehead atoms. The fourth-order valence-electron chi connectivity index (χ4n) is 2.52. The Morgan fingerprint density at radius 3 is 2.84 bits per heavy atom. The summed E-state index contributed by atoms with van der Waals surface area (Å²) in [6.45, 7) is 4.26. The molecule has 2 heterocycles. The number of aromatic nitrogens is 3. The van der Waals surface area contributed by atoms with Crippen molar-refractivity contribution in [3.8, 4) is 5.75 Å². The van der Waals surface area contributed by atoms with Crippen LogP contribution in [0.1, 0.15) is 12.7 Å². The summed E-state index contributed by atoms with van der Waals surface area (Å²) in [5.41, 5.74) is 0.590. The van der Waals surface area contributed by atoms with Crippen LogP contribution in [-0.4, -0.2) is 60.8 Å². The average molecular weight is 367 g/mol. The highest BCUT2D eigenvalue weighted by molar-refractivity contribution is 7.89. The van der Waals surface area contributed by atoms with Crippen molar-refractivity contribution in [2.24, 2.45) is 0 Å². The van der Waals surface area contributed by atoms with E-state index in [-0.39, 0.29) is 4.90 Å². The van der Waals surface area contributed by atoms with Crippen molar-refractivity contribution >= 4 is 15.7 Å².